The minimum absolute atomic E-state index is 0.994. The van der Waals surface area contributed by atoms with Gasteiger partial charge in [0.2, 0.25) is 0 Å². The summed E-state index contributed by atoms with van der Waals surface area (Å²) in [6, 6.07) is 6.34. The van der Waals surface area contributed by atoms with Crippen molar-refractivity contribution in [3.05, 3.63) is 40.9 Å². The summed E-state index contributed by atoms with van der Waals surface area (Å²) in [4.78, 5) is 0. The monoisotopic (exact) mass is 253 g/mol. The highest BCUT2D eigenvalue weighted by atomic mass is 79.9. The lowest BCUT2D eigenvalue weighted by Crippen LogP contribution is -2.01. The zero-order valence-corrected chi connectivity index (χ0v) is 10.1. The van der Waals surface area contributed by atoms with Crippen molar-refractivity contribution in [2.24, 2.45) is 0 Å². The first-order valence-electron chi connectivity index (χ1n) is 4.85. The average Bonchev–Trinajstić information content (AvgIpc) is 2.15. The van der Waals surface area contributed by atoms with Gasteiger partial charge < -0.3 is 5.32 Å². The summed E-state index contributed by atoms with van der Waals surface area (Å²) in [5.74, 6) is 0. The van der Waals surface area contributed by atoms with E-state index in [-0.39, 0.29) is 0 Å². The summed E-state index contributed by atoms with van der Waals surface area (Å²) in [7, 11) is 0. The predicted molar refractivity (Wildman–Crippen MR) is 66.8 cm³/mol. The van der Waals surface area contributed by atoms with Crippen LogP contribution < -0.4 is 5.32 Å². The van der Waals surface area contributed by atoms with E-state index in [0.29, 0.717) is 0 Å². The summed E-state index contributed by atoms with van der Waals surface area (Å²) in [6.45, 7) is 6.78. The van der Waals surface area contributed by atoms with Crippen LogP contribution in [0.5, 0.6) is 0 Å². The fourth-order valence-electron chi connectivity index (χ4n) is 1.23. The Labute approximate surface area is 94.3 Å². The number of benzene rings is 1. The summed E-state index contributed by atoms with van der Waals surface area (Å²) < 4.78 is 1.14. The number of anilines is 1. The van der Waals surface area contributed by atoms with E-state index in [4.69, 9.17) is 0 Å². The Morgan fingerprint density at radius 3 is 2.93 bits per heavy atom. The Morgan fingerprint density at radius 1 is 1.50 bits per heavy atom. The zero-order valence-electron chi connectivity index (χ0n) is 8.52. The summed E-state index contributed by atoms with van der Waals surface area (Å²) in [5.41, 5.74) is 2.44. The molecule has 1 N–H and O–H groups in total. The molecule has 0 aliphatic carbocycles. The van der Waals surface area contributed by atoms with Crippen LogP contribution in [0.25, 0.3) is 0 Å². The van der Waals surface area contributed by atoms with Crippen molar-refractivity contribution in [3.63, 3.8) is 0 Å². The van der Waals surface area contributed by atoms with Crippen molar-refractivity contribution in [3.8, 4) is 0 Å². The first kappa shape index (κ1) is 11.3. The number of allylic oxidation sites excluding steroid dienone is 1. The third kappa shape index (κ3) is 3.54. The van der Waals surface area contributed by atoms with Crippen LogP contribution in [0.1, 0.15) is 18.4 Å². The Kier molecular flexibility index (Phi) is 4.74. The number of halogens is 1. The van der Waals surface area contributed by atoms with Crippen LogP contribution in [-0.2, 0) is 0 Å². The van der Waals surface area contributed by atoms with E-state index in [0.717, 1.165) is 23.9 Å². The lowest BCUT2D eigenvalue weighted by molar-refractivity contribution is 0.890. The Balaban J connectivity index is 2.46. The maximum Gasteiger partial charge on any atom is 0.0484 e. The third-order valence-corrected chi connectivity index (χ3v) is 2.68. The fraction of sp³-hybridized carbons (Fsp3) is 0.333. The third-order valence-electron chi connectivity index (χ3n) is 2.03. The number of unbranched alkanes of at least 4 members (excludes halogenated alkanes) is 1. The number of rotatable bonds is 5. The topological polar surface area (TPSA) is 12.0 Å². The molecule has 1 aromatic rings. The number of hydrogen-bond acceptors (Lipinski definition) is 1. The molecule has 0 unspecified atom stereocenters. The van der Waals surface area contributed by atoms with Crippen LogP contribution in [-0.4, -0.2) is 6.54 Å². The van der Waals surface area contributed by atoms with Gasteiger partial charge in [-0.15, -0.1) is 6.58 Å². The van der Waals surface area contributed by atoms with E-state index in [1.165, 1.54) is 11.3 Å². The lowest BCUT2D eigenvalue weighted by Gasteiger charge is -2.08. The van der Waals surface area contributed by atoms with Gasteiger partial charge in [0.25, 0.3) is 0 Å². The molecular formula is C12H16BrN. The molecule has 0 fully saturated rings. The van der Waals surface area contributed by atoms with Crippen molar-refractivity contribution in [1.82, 2.24) is 0 Å². The lowest BCUT2D eigenvalue weighted by atomic mass is 10.2. The van der Waals surface area contributed by atoms with E-state index >= 15 is 0 Å². The second-order valence-electron chi connectivity index (χ2n) is 3.34. The second-order valence-corrected chi connectivity index (χ2v) is 4.20. The van der Waals surface area contributed by atoms with Crippen LogP contribution in [0.15, 0.2) is 35.3 Å². The van der Waals surface area contributed by atoms with Crippen LogP contribution in [0.3, 0.4) is 0 Å². The molecule has 0 atom stereocenters. The van der Waals surface area contributed by atoms with Crippen molar-refractivity contribution in [2.45, 2.75) is 19.8 Å². The zero-order chi connectivity index (χ0) is 10.4. The summed E-state index contributed by atoms with van der Waals surface area (Å²) >= 11 is 3.53. The van der Waals surface area contributed by atoms with Crippen LogP contribution in [0.4, 0.5) is 5.69 Å². The van der Waals surface area contributed by atoms with E-state index < -0.39 is 0 Å². The van der Waals surface area contributed by atoms with Gasteiger partial charge in [-0.05, 0) is 53.4 Å². The van der Waals surface area contributed by atoms with Gasteiger partial charge in [-0.1, -0.05) is 12.1 Å². The SMILES string of the molecule is C=CCCCNc1ccc(C)cc1Br. The van der Waals surface area contributed by atoms with E-state index in [1.54, 1.807) is 0 Å². The molecule has 1 nitrogen and oxygen atoms in total. The van der Waals surface area contributed by atoms with Gasteiger partial charge in [0.15, 0.2) is 0 Å². The van der Waals surface area contributed by atoms with E-state index in [2.05, 4.69) is 52.9 Å². The highest BCUT2D eigenvalue weighted by molar-refractivity contribution is 9.10. The molecule has 0 aromatic heterocycles. The minimum atomic E-state index is 0.994. The standard InChI is InChI=1S/C12H16BrN/c1-3-4-5-8-14-12-7-6-10(2)9-11(12)13/h3,6-7,9,14H,1,4-5,8H2,2H3. The molecular weight excluding hydrogens is 238 g/mol. The molecule has 0 bridgehead atoms. The summed E-state index contributed by atoms with van der Waals surface area (Å²) in [5, 5.41) is 3.38. The van der Waals surface area contributed by atoms with Crippen molar-refractivity contribution in [2.75, 3.05) is 11.9 Å². The highest BCUT2D eigenvalue weighted by Gasteiger charge is 1.97. The number of hydrogen-bond donors (Lipinski definition) is 1. The second kappa shape index (κ2) is 5.86. The molecule has 0 aliphatic heterocycles. The van der Waals surface area contributed by atoms with Crippen molar-refractivity contribution < 1.29 is 0 Å². The summed E-state index contributed by atoms with van der Waals surface area (Å²) in [6.07, 6.45) is 4.15. The molecule has 0 radical (unpaired) electrons. The van der Waals surface area contributed by atoms with Gasteiger partial charge in [-0.25, -0.2) is 0 Å². The highest BCUT2D eigenvalue weighted by Crippen LogP contribution is 2.23. The predicted octanol–water partition coefficient (Wildman–Crippen LogP) is 4.14. The largest absolute Gasteiger partial charge is 0.384 e. The van der Waals surface area contributed by atoms with Gasteiger partial charge in [-0.2, -0.15) is 0 Å². The van der Waals surface area contributed by atoms with Crippen LogP contribution >= 0.6 is 15.9 Å². The van der Waals surface area contributed by atoms with Gasteiger partial charge in [-0.3, -0.25) is 0 Å². The maximum atomic E-state index is 3.70. The maximum absolute atomic E-state index is 3.70. The smallest absolute Gasteiger partial charge is 0.0484 e. The molecule has 14 heavy (non-hydrogen) atoms. The minimum Gasteiger partial charge on any atom is -0.384 e. The van der Waals surface area contributed by atoms with Crippen molar-refractivity contribution >= 4 is 21.6 Å². The molecule has 0 aliphatic rings. The molecule has 0 amide bonds. The molecule has 0 spiro atoms. The van der Waals surface area contributed by atoms with Gasteiger partial charge in [0.05, 0.1) is 0 Å². The molecule has 2 heteroatoms. The number of nitrogens with one attached hydrogen (secondary N) is 1. The molecule has 0 saturated carbocycles. The van der Waals surface area contributed by atoms with Crippen molar-refractivity contribution in [1.29, 1.82) is 0 Å². The molecule has 1 aromatic carbocycles. The quantitative estimate of drug-likeness (QED) is 0.615. The molecule has 76 valence electrons. The molecule has 0 saturated heterocycles. The van der Waals surface area contributed by atoms with Crippen LogP contribution in [0.2, 0.25) is 0 Å². The van der Waals surface area contributed by atoms with Gasteiger partial charge >= 0.3 is 0 Å². The van der Waals surface area contributed by atoms with E-state index in [9.17, 15) is 0 Å². The first-order valence-corrected chi connectivity index (χ1v) is 5.64. The van der Waals surface area contributed by atoms with Gasteiger partial charge in [0, 0.05) is 16.7 Å². The van der Waals surface area contributed by atoms with Gasteiger partial charge in [0.1, 0.15) is 0 Å². The van der Waals surface area contributed by atoms with Crippen LogP contribution in [0, 0.1) is 6.92 Å². The molecule has 1 rings (SSSR count). The Bertz CT molecular complexity index is 307. The Morgan fingerprint density at radius 2 is 2.29 bits per heavy atom. The Hall–Kier alpha value is -0.760. The number of aryl methyl sites for hydroxylation is 1. The fourth-order valence-corrected chi connectivity index (χ4v) is 1.87. The normalized spacial score (nSPS) is 9.86. The average molecular weight is 254 g/mol. The molecule has 0 heterocycles. The van der Waals surface area contributed by atoms with E-state index in [1.807, 2.05) is 6.08 Å². The first-order chi connectivity index (χ1) is 6.74.